The summed E-state index contributed by atoms with van der Waals surface area (Å²) >= 11 is 5.80. The summed E-state index contributed by atoms with van der Waals surface area (Å²) in [7, 11) is 0. The fourth-order valence-electron chi connectivity index (χ4n) is 1.40. The summed E-state index contributed by atoms with van der Waals surface area (Å²) < 4.78 is 4.84. The van der Waals surface area contributed by atoms with Gasteiger partial charge in [-0.05, 0) is 24.6 Å². The van der Waals surface area contributed by atoms with Crippen molar-refractivity contribution in [1.29, 1.82) is 0 Å². The molecule has 0 aliphatic carbocycles. The predicted octanol–water partition coefficient (Wildman–Crippen LogP) is 2.91. The van der Waals surface area contributed by atoms with Crippen molar-refractivity contribution < 1.29 is 9.53 Å². The molecule has 0 atom stereocenters. The zero-order valence-corrected chi connectivity index (χ0v) is 9.99. The number of nitrogens with zero attached hydrogens (tertiary/aromatic N) is 1. The van der Waals surface area contributed by atoms with Gasteiger partial charge in [0.2, 0.25) is 5.82 Å². The number of halogens is 1. The van der Waals surface area contributed by atoms with Gasteiger partial charge in [-0.15, -0.1) is 0 Å². The second-order valence-electron chi connectivity index (χ2n) is 3.37. The van der Waals surface area contributed by atoms with E-state index in [0.29, 0.717) is 11.6 Å². The van der Waals surface area contributed by atoms with E-state index in [1.807, 2.05) is 12.1 Å². The Kier molecular flexibility index (Phi) is 3.44. The Hall–Kier alpha value is -1.81. The highest BCUT2D eigenvalue weighted by atomic mass is 35.5. The quantitative estimate of drug-likeness (QED) is 0.852. The van der Waals surface area contributed by atoms with Crippen molar-refractivity contribution in [2.45, 2.75) is 6.92 Å². The molecule has 0 aliphatic heterocycles. The molecule has 1 N–H and O–H groups in total. The van der Waals surface area contributed by atoms with Gasteiger partial charge in [-0.25, -0.2) is 9.78 Å². The van der Waals surface area contributed by atoms with E-state index in [1.165, 1.54) is 0 Å². The van der Waals surface area contributed by atoms with Gasteiger partial charge in [0.25, 0.3) is 0 Å². The highest BCUT2D eigenvalue weighted by molar-refractivity contribution is 6.30. The number of imidazole rings is 1. The van der Waals surface area contributed by atoms with Gasteiger partial charge in [0.1, 0.15) is 0 Å². The number of ether oxygens (including phenoxy) is 1. The molecule has 4 nitrogen and oxygen atoms in total. The summed E-state index contributed by atoms with van der Waals surface area (Å²) in [6, 6.07) is 7.26. The van der Waals surface area contributed by atoms with Crippen LogP contribution in [-0.2, 0) is 4.74 Å². The zero-order chi connectivity index (χ0) is 12.3. The van der Waals surface area contributed by atoms with E-state index in [2.05, 4.69) is 9.97 Å². The number of nitrogens with one attached hydrogen (secondary N) is 1. The molecule has 0 unspecified atom stereocenters. The van der Waals surface area contributed by atoms with Crippen LogP contribution in [0.2, 0.25) is 5.02 Å². The van der Waals surface area contributed by atoms with E-state index in [-0.39, 0.29) is 5.82 Å². The summed E-state index contributed by atoms with van der Waals surface area (Å²) in [5.74, 6) is -0.246. The van der Waals surface area contributed by atoms with Gasteiger partial charge >= 0.3 is 5.97 Å². The van der Waals surface area contributed by atoms with Crippen LogP contribution in [0.1, 0.15) is 17.5 Å². The molecule has 0 spiro atoms. The lowest BCUT2D eigenvalue weighted by Gasteiger charge is -1.98. The largest absolute Gasteiger partial charge is 0.460 e. The molecule has 88 valence electrons. The third-order valence-corrected chi connectivity index (χ3v) is 2.45. The molecule has 0 fully saturated rings. The molecule has 0 aliphatic rings. The number of carbonyl (C=O) groups is 1. The molecule has 17 heavy (non-hydrogen) atoms. The second kappa shape index (κ2) is 5.01. The molecule has 2 aromatic rings. The summed E-state index contributed by atoms with van der Waals surface area (Å²) in [5, 5.41) is 0.666. The van der Waals surface area contributed by atoms with Crippen molar-refractivity contribution in [3.05, 3.63) is 41.3 Å². The highest BCUT2D eigenvalue weighted by Crippen LogP contribution is 2.19. The molecule has 1 heterocycles. The minimum Gasteiger partial charge on any atom is -0.460 e. The average molecular weight is 251 g/mol. The van der Waals surface area contributed by atoms with Crippen LogP contribution in [0.3, 0.4) is 0 Å². The van der Waals surface area contributed by atoms with Crippen LogP contribution in [0.25, 0.3) is 11.3 Å². The minimum absolute atomic E-state index is 0.205. The Morgan fingerprint density at radius 3 is 2.76 bits per heavy atom. The lowest BCUT2D eigenvalue weighted by Crippen LogP contribution is -2.06. The Morgan fingerprint density at radius 2 is 2.12 bits per heavy atom. The molecule has 0 radical (unpaired) electrons. The molecule has 2 rings (SSSR count). The molecule has 1 aromatic carbocycles. The van der Waals surface area contributed by atoms with Crippen LogP contribution < -0.4 is 0 Å². The first-order valence-electron chi connectivity index (χ1n) is 5.18. The number of carbonyl (C=O) groups excluding carboxylic acids is 1. The number of aromatic amines is 1. The third kappa shape index (κ3) is 2.65. The summed E-state index contributed by atoms with van der Waals surface area (Å²) in [4.78, 5) is 18.3. The lowest BCUT2D eigenvalue weighted by molar-refractivity contribution is 0.0513. The first-order valence-corrected chi connectivity index (χ1v) is 5.56. The van der Waals surface area contributed by atoms with Gasteiger partial charge in [-0.2, -0.15) is 0 Å². The highest BCUT2D eigenvalue weighted by Gasteiger charge is 2.11. The second-order valence-corrected chi connectivity index (χ2v) is 3.81. The van der Waals surface area contributed by atoms with Gasteiger partial charge in [0.05, 0.1) is 18.5 Å². The maximum absolute atomic E-state index is 11.4. The number of H-pyrrole nitrogens is 1. The van der Waals surface area contributed by atoms with Crippen molar-refractivity contribution in [3.8, 4) is 11.3 Å². The van der Waals surface area contributed by atoms with Crippen LogP contribution in [0, 0.1) is 0 Å². The first-order chi connectivity index (χ1) is 8.20. The maximum atomic E-state index is 11.4. The molecule has 1 aromatic heterocycles. The van der Waals surface area contributed by atoms with Crippen molar-refractivity contribution >= 4 is 17.6 Å². The first kappa shape index (κ1) is 11.7. The van der Waals surface area contributed by atoms with E-state index in [4.69, 9.17) is 16.3 Å². The fraction of sp³-hybridized carbons (Fsp3) is 0.167. The van der Waals surface area contributed by atoms with Gasteiger partial charge in [-0.3, -0.25) is 0 Å². The van der Waals surface area contributed by atoms with Crippen LogP contribution >= 0.6 is 11.6 Å². The van der Waals surface area contributed by atoms with Crippen LogP contribution in [-0.4, -0.2) is 22.5 Å². The van der Waals surface area contributed by atoms with Gasteiger partial charge < -0.3 is 9.72 Å². The van der Waals surface area contributed by atoms with Crippen LogP contribution in [0.5, 0.6) is 0 Å². The molecular formula is C12H11ClN2O2. The summed E-state index contributed by atoms with van der Waals surface area (Å²) in [5.41, 5.74) is 1.67. The van der Waals surface area contributed by atoms with Crippen molar-refractivity contribution in [2.24, 2.45) is 0 Å². The number of benzene rings is 1. The Balaban J connectivity index is 2.23. The zero-order valence-electron chi connectivity index (χ0n) is 9.24. The van der Waals surface area contributed by atoms with E-state index in [1.54, 1.807) is 25.3 Å². The number of hydrogen-bond donors (Lipinski definition) is 1. The third-order valence-electron chi connectivity index (χ3n) is 2.20. The molecule has 0 amide bonds. The van der Waals surface area contributed by atoms with E-state index >= 15 is 0 Å². The van der Waals surface area contributed by atoms with Crippen LogP contribution in [0.4, 0.5) is 0 Å². The molecule has 5 heteroatoms. The van der Waals surface area contributed by atoms with Crippen molar-refractivity contribution in [2.75, 3.05) is 6.61 Å². The van der Waals surface area contributed by atoms with E-state index < -0.39 is 5.97 Å². The predicted molar refractivity (Wildman–Crippen MR) is 65.0 cm³/mol. The normalized spacial score (nSPS) is 10.2. The van der Waals surface area contributed by atoms with E-state index in [9.17, 15) is 4.79 Å². The lowest BCUT2D eigenvalue weighted by atomic mass is 10.2. The number of aromatic nitrogens is 2. The number of hydrogen-bond acceptors (Lipinski definition) is 3. The van der Waals surface area contributed by atoms with Crippen LogP contribution in [0.15, 0.2) is 30.5 Å². The van der Waals surface area contributed by atoms with Crippen molar-refractivity contribution in [1.82, 2.24) is 9.97 Å². The summed E-state index contributed by atoms with van der Waals surface area (Å²) in [6.45, 7) is 2.08. The van der Waals surface area contributed by atoms with Gasteiger partial charge in [0, 0.05) is 5.02 Å². The maximum Gasteiger partial charge on any atom is 0.374 e. The summed E-state index contributed by atoms with van der Waals surface area (Å²) in [6.07, 6.45) is 1.59. The SMILES string of the molecule is CCOC(=O)c1ncc(-c2ccc(Cl)cc2)[nH]1. The monoisotopic (exact) mass is 250 g/mol. The van der Waals surface area contributed by atoms with Gasteiger partial charge in [-0.1, -0.05) is 23.7 Å². The molecule has 0 saturated carbocycles. The number of rotatable bonds is 3. The Bertz CT molecular complexity index is 520. The average Bonchev–Trinajstić information content (AvgIpc) is 2.80. The Labute approximate surface area is 104 Å². The minimum atomic E-state index is -0.451. The van der Waals surface area contributed by atoms with E-state index in [0.717, 1.165) is 11.3 Å². The molecular weight excluding hydrogens is 240 g/mol. The van der Waals surface area contributed by atoms with Gasteiger partial charge in [0.15, 0.2) is 0 Å². The number of esters is 1. The smallest absolute Gasteiger partial charge is 0.374 e. The molecule has 0 saturated heterocycles. The molecule has 0 bridgehead atoms. The fourth-order valence-corrected chi connectivity index (χ4v) is 1.53. The van der Waals surface area contributed by atoms with Crippen molar-refractivity contribution in [3.63, 3.8) is 0 Å². The standard InChI is InChI=1S/C12H11ClN2O2/c1-2-17-12(16)11-14-7-10(15-11)8-3-5-9(13)6-4-8/h3-7H,2H2,1H3,(H,14,15). The topological polar surface area (TPSA) is 55.0 Å². The Morgan fingerprint density at radius 1 is 1.41 bits per heavy atom.